The first kappa shape index (κ1) is 12.4. The SMILES string of the molecule is O=S(=O)(O)c1ccccc1F.[Ce]. The number of rotatable bonds is 1. The summed E-state index contributed by atoms with van der Waals surface area (Å²) < 4.78 is 41.7. The number of hydrogen-bond acceptors (Lipinski definition) is 2. The van der Waals surface area contributed by atoms with E-state index in [1.165, 1.54) is 12.1 Å². The molecule has 1 N–H and O–H groups in total. The summed E-state index contributed by atoms with van der Waals surface area (Å²) in [6.45, 7) is 0. The normalized spacial score (nSPS) is 10.5. The zero-order valence-corrected chi connectivity index (χ0v) is 9.82. The summed E-state index contributed by atoms with van der Waals surface area (Å²) in [5.74, 6) is -0.949. The molecule has 0 aliphatic carbocycles. The van der Waals surface area contributed by atoms with E-state index in [-0.39, 0.29) is 41.7 Å². The van der Waals surface area contributed by atoms with Gasteiger partial charge in [-0.05, 0) is 12.1 Å². The van der Waals surface area contributed by atoms with E-state index in [0.29, 0.717) is 0 Å². The Balaban J connectivity index is 0.00000121. The molecule has 0 aliphatic heterocycles. The van der Waals surface area contributed by atoms with Gasteiger partial charge in [-0.15, -0.1) is 0 Å². The molecule has 0 amide bonds. The number of benzene rings is 1. The second-order valence-electron chi connectivity index (χ2n) is 1.91. The average Bonchev–Trinajstić information content (AvgIpc) is 1.86. The molecule has 0 unspecified atom stereocenters. The summed E-state index contributed by atoms with van der Waals surface area (Å²) in [6.07, 6.45) is 0. The predicted molar refractivity (Wildman–Crippen MR) is 36.2 cm³/mol. The fourth-order valence-corrected chi connectivity index (χ4v) is 1.22. The molecule has 6 heteroatoms. The minimum atomic E-state index is -4.41. The molecule has 0 saturated heterocycles. The summed E-state index contributed by atoms with van der Waals surface area (Å²) >= 11 is 0. The van der Waals surface area contributed by atoms with Crippen LogP contribution in [0.15, 0.2) is 29.2 Å². The molecule has 1 aromatic carbocycles. The van der Waals surface area contributed by atoms with Gasteiger partial charge in [0.1, 0.15) is 10.7 Å². The van der Waals surface area contributed by atoms with E-state index < -0.39 is 20.8 Å². The van der Waals surface area contributed by atoms with Gasteiger partial charge in [-0.3, -0.25) is 4.55 Å². The van der Waals surface area contributed by atoms with E-state index in [0.717, 1.165) is 12.1 Å². The van der Waals surface area contributed by atoms with E-state index in [9.17, 15) is 12.8 Å². The third-order valence-electron chi connectivity index (χ3n) is 1.11. The Morgan fingerprint density at radius 2 is 1.75 bits per heavy atom. The molecule has 1 rings (SSSR count). The summed E-state index contributed by atoms with van der Waals surface area (Å²) in [4.78, 5) is -0.694. The first-order chi connectivity index (χ1) is 5.02. The van der Waals surface area contributed by atoms with Crippen molar-refractivity contribution >= 4 is 10.1 Å². The fraction of sp³-hybridized carbons (Fsp3) is 0. The molecule has 0 atom stereocenters. The van der Waals surface area contributed by atoms with Crippen molar-refractivity contribution in [3.05, 3.63) is 30.1 Å². The van der Waals surface area contributed by atoms with Crippen molar-refractivity contribution in [3.8, 4) is 0 Å². The zero-order chi connectivity index (χ0) is 8.48. The van der Waals surface area contributed by atoms with Crippen molar-refractivity contribution in [2.75, 3.05) is 0 Å². The van der Waals surface area contributed by atoms with Crippen LogP contribution in [0.25, 0.3) is 0 Å². The second kappa shape index (κ2) is 4.61. The van der Waals surface area contributed by atoms with Gasteiger partial charge in [0.15, 0.2) is 0 Å². The van der Waals surface area contributed by atoms with Crippen LogP contribution in [0.2, 0.25) is 0 Å². The molecule has 64 valence electrons. The van der Waals surface area contributed by atoms with Crippen molar-refractivity contribution in [1.82, 2.24) is 0 Å². The standard InChI is InChI=1S/C6H5FO3S.Ce/c7-5-3-1-2-4-6(5)11(8,9)10;/h1-4H,(H,8,9,10);. The Hall–Kier alpha value is 0.437. The Bertz CT molecular complexity index is 363. The molecular weight excluding hydrogens is 311 g/mol. The Morgan fingerprint density at radius 3 is 2.08 bits per heavy atom. The van der Waals surface area contributed by atoms with Crippen molar-refractivity contribution in [2.24, 2.45) is 0 Å². The molecule has 3 nitrogen and oxygen atoms in total. The van der Waals surface area contributed by atoms with Crippen LogP contribution in [0.1, 0.15) is 0 Å². The van der Waals surface area contributed by atoms with Gasteiger partial charge in [0.2, 0.25) is 0 Å². The quantitative estimate of drug-likeness (QED) is 0.789. The number of halogens is 1. The topological polar surface area (TPSA) is 54.4 Å². The van der Waals surface area contributed by atoms with Crippen LogP contribution in [0, 0.1) is 47.6 Å². The number of hydrogen-bond donors (Lipinski definition) is 1. The minimum absolute atomic E-state index is 0. The van der Waals surface area contributed by atoms with Crippen LogP contribution in [-0.2, 0) is 10.1 Å². The van der Waals surface area contributed by atoms with Crippen LogP contribution < -0.4 is 0 Å². The molecule has 0 spiro atoms. The Kier molecular flexibility index (Phi) is 4.78. The van der Waals surface area contributed by atoms with E-state index in [1.54, 1.807) is 0 Å². The monoisotopic (exact) mass is 316 g/mol. The molecule has 1 aromatic rings. The third-order valence-corrected chi connectivity index (χ3v) is 2.00. The predicted octanol–water partition coefficient (Wildman–Crippen LogP) is 1.07. The van der Waals surface area contributed by atoms with Crippen molar-refractivity contribution < 1.29 is 59.1 Å². The van der Waals surface area contributed by atoms with Gasteiger partial charge in [0.25, 0.3) is 10.1 Å². The molecule has 0 aromatic heterocycles. The first-order valence-corrected chi connectivity index (χ1v) is 4.18. The Morgan fingerprint density at radius 1 is 1.25 bits per heavy atom. The summed E-state index contributed by atoms with van der Waals surface area (Å²) in [6, 6.07) is 4.62. The van der Waals surface area contributed by atoms with Gasteiger partial charge in [-0.25, -0.2) is 4.39 Å². The Labute approximate surface area is 103 Å². The maximum absolute atomic E-state index is 12.5. The maximum atomic E-state index is 12.5. The zero-order valence-electron chi connectivity index (χ0n) is 5.86. The van der Waals surface area contributed by atoms with Crippen LogP contribution in [0.5, 0.6) is 0 Å². The maximum Gasteiger partial charge on any atom is 0.297 e. The van der Waals surface area contributed by atoms with Gasteiger partial charge < -0.3 is 0 Å². The summed E-state index contributed by atoms with van der Waals surface area (Å²) in [5, 5.41) is 0. The van der Waals surface area contributed by atoms with Gasteiger partial charge in [-0.2, -0.15) is 8.42 Å². The molecule has 12 heavy (non-hydrogen) atoms. The molecular formula is C6H5CeFO3S. The van der Waals surface area contributed by atoms with Crippen molar-refractivity contribution in [1.29, 1.82) is 0 Å². The minimum Gasteiger partial charge on any atom is -0.282 e. The smallest absolute Gasteiger partial charge is 0.282 e. The van der Waals surface area contributed by atoms with Gasteiger partial charge >= 0.3 is 0 Å². The van der Waals surface area contributed by atoms with E-state index >= 15 is 0 Å². The summed E-state index contributed by atoms with van der Waals surface area (Å²) in [7, 11) is -4.41. The van der Waals surface area contributed by atoms with Crippen molar-refractivity contribution in [2.45, 2.75) is 4.90 Å². The molecule has 0 saturated carbocycles. The fourth-order valence-electron chi connectivity index (χ4n) is 0.654. The third kappa shape index (κ3) is 3.06. The molecule has 0 fully saturated rings. The van der Waals surface area contributed by atoms with E-state index in [1.807, 2.05) is 0 Å². The molecule has 0 bridgehead atoms. The molecule has 0 heterocycles. The van der Waals surface area contributed by atoms with Crippen LogP contribution in [-0.4, -0.2) is 13.0 Å². The van der Waals surface area contributed by atoms with Crippen molar-refractivity contribution in [3.63, 3.8) is 0 Å². The largest absolute Gasteiger partial charge is 0.297 e. The van der Waals surface area contributed by atoms with Gasteiger partial charge in [-0.1, -0.05) is 12.1 Å². The van der Waals surface area contributed by atoms with E-state index in [2.05, 4.69) is 0 Å². The average molecular weight is 316 g/mol. The van der Waals surface area contributed by atoms with Gasteiger partial charge in [0, 0.05) is 41.7 Å². The van der Waals surface area contributed by atoms with Gasteiger partial charge in [0.05, 0.1) is 0 Å². The van der Waals surface area contributed by atoms with E-state index in [4.69, 9.17) is 4.55 Å². The van der Waals surface area contributed by atoms with Crippen LogP contribution >= 0.6 is 0 Å². The molecule has 0 aliphatic rings. The van der Waals surface area contributed by atoms with Crippen LogP contribution in [0.3, 0.4) is 0 Å². The summed E-state index contributed by atoms with van der Waals surface area (Å²) in [5.41, 5.74) is 0. The van der Waals surface area contributed by atoms with Crippen LogP contribution in [0.4, 0.5) is 4.39 Å². The second-order valence-corrected chi connectivity index (χ2v) is 3.30. The first-order valence-electron chi connectivity index (χ1n) is 2.74. The molecule has 0 radical (unpaired) electrons.